The fourth-order valence-electron chi connectivity index (χ4n) is 4.02. The first-order valence-electron chi connectivity index (χ1n) is 9.06. The van der Waals surface area contributed by atoms with Gasteiger partial charge >= 0.3 is 0 Å². The Morgan fingerprint density at radius 1 is 1.04 bits per heavy atom. The number of nitrogens with zero attached hydrogens (tertiary/aromatic N) is 1. The van der Waals surface area contributed by atoms with E-state index in [1.165, 1.54) is 0 Å². The molecule has 1 amide bonds. The van der Waals surface area contributed by atoms with E-state index in [0.29, 0.717) is 22.9 Å². The first-order chi connectivity index (χ1) is 13.0. The van der Waals surface area contributed by atoms with E-state index in [2.05, 4.69) is 0 Å². The normalized spacial score (nSPS) is 20.1. The molecule has 0 saturated heterocycles. The van der Waals surface area contributed by atoms with Gasteiger partial charge in [-0.3, -0.25) is 14.5 Å². The fourth-order valence-corrected chi connectivity index (χ4v) is 4.39. The van der Waals surface area contributed by atoms with Crippen molar-refractivity contribution in [1.29, 1.82) is 0 Å². The van der Waals surface area contributed by atoms with E-state index >= 15 is 0 Å². The maximum Gasteiger partial charge on any atom is 0.232 e. The quantitative estimate of drug-likeness (QED) is 0.636. The minimum atomic E-state index is -0.240. The lowest BCUT2D eigenvalue weighted by atomic mass is 9.77. The molecule has 1 heterocycles. The summed E-state index contributed by atoms with van der Waals surface area (Å²) in [6, 6.07) is 13.1. The van der Waals surface area contributed by atoms with Crippen LogP contribution >= 0.6 is 23.2 Å². The van der Waals surface area contributed by atoms with Gasteiger partial charge in [0.05, 0.1) is 5.69 Å². The molecule has 1 unspecified atom stereocenters. The number of aryl methyl sites for hydroxylation is 1. The van der Waals surface area contributed by atoms with Crippen LogP contribution in [0.2, 0.25) is 10.0 Å². The Balaban J connectivity index is 1.87. The number of hydrogen-bond donors (Lipinski definition) is 0. The molecule has 2 aliphatic rings. The van der Waals surface area contributed by atoms with E-state index < -0.39 is 0 Å². The van der Waals surface area contributed by atoms with E-state index in [1.54, 1.807) is 17.0 Å². The van der Waals surface area contributed by atoms with Crippen LogP contribution in [-0.4, -0.2) is 11.7 Å². The first kappa shape index (κ1) is 18.3. The fraction of sp³-hybridized carbons (Fsp3) is 0.273. The number of amides is 1. The highest BCUT2D eigenvalue weighted by Crippen LogP contribution is 2.44. The number of allylic oxidation sites excluding steroid dienone is 2. The van der Waals surface area contributed by atoms with Crippen LogP contribution in [0.5, 0.6) is 0 Å². The van der Waals surface area contributed by atoms with Crippen molar-refractivity contribution in [3.8, 4) is 0 Å². The SMILES string of the molecule is Cc1ccc(N2C(=O)CC(c3cccc(Cl)c3)C3=C2CCCC3=O)cc1Cl. The lowest BCUT2D eigenvalue weighted by Gasteiger charge is -2.38. The smallest absolute Gasteiger partial charge is 0.232 e. The van der Waals surface area contributed by atoms with Crippen LogP contribution in [0.3, 0.4) is 0 Å². The molecule has 4 rings (SSSR count). The molecule has 3 nitrogen and oxygen atoms in total. The third-order valence-electron chi connectivity index (χ3n) is 5.34. The summed E-state index contributed by atoms with van der Waals surface area (Å²) in [5.41, 5.74) is 4.16. The number of carbonyl (C=O) groups is 2. The minimum Gasteiger partial charge on any atom is -0.294 e. The maximum absolute atomic E-state index is 13.1. The van der Waals surface area contributed by atoms with E-state index in [0.717, 1.165) is 34.5 Å². The summed E-state index contributed by atoms with van der Waals surface area (Å²) in [6.45, 7) is 1.92. The summed E-state index contributed by atoms with van der Waals surface area (Å²) in [5.74, 6) is -0.138. The minimum absolute atomic E-state index is 0.0201. The van der Waals surface area contributed by atoms with Gasteiger partial charge in [0.2, 0.25) is 5.91 Å². The lowest BCUT2D eigenvalue weighted by Crippen LogP contribution is -2.40. The Kier molecular flexibility index (Phi) is 4.83. The number of anilines is 1. The number of hydrogen-bond acceptors (Lipinski definition) is 2. The molecule has 2 aromatic rings. The van der Waals surface area contributed by atoms with Gasteiger partial charge in [0, 0.05) is 40.1 Å². The van der Waals surface area contributed by atoms with Crippen LogP contribution in [0.1, 0.15) is 42.7 Å². The summed E-state index contributed by atoms with van der Waals surface area (Å²) in [6.07, 6.45) is 2.22. The van der Waals surface area contributed by atoms with Gasteiger partial charge in [-0.1, -0.05) is 41.4 Å². The van der Waals surface area contributed by atoms with Gasteiger partial charge in [0.1, 0.15) is 0 Å². The van der Waals surface area contributed by atoms with Crippen molar-refractivity contribution in [1.82, 2.24) is 0 Å². The molecule has 1 aliphatic carbocycles. The number of rotatable bonds is 2. The standard InChI is InChI=1S/C22H19Cl2NO2/c1-13-8-9-16(11-18(13)24)25-19-6-3-7-20(26)22(19)17(12-21(25)27)14-4-2-5-15(23)10-14/h2,4-5,8-11,17H,3,6-7,12H2,1H3. The second-order valence-corrected chi connectivity index (χ2v) is 7.96. The molecule has 0 fully saturated rings. The maximum atomic E-state index is 13.1. The Labute approximate surface area is 168 Å². The van der Waals surface area contributed by atoms with Gasteiger partial charge in [-0.25, -0.2) is 0 Å². The molecule has 138 valence electrons. The molecule has 0 bridgehead atoms. The van der Waals surface area contributed by atoms with Crippen LogP contribution < -0.4 is 4.90 Å². The van der Waals surface area contributed by atoms with Crippen molar-refractivity contribution in [2.24, 2.45) is 0 Å². The zero-order valence-electron chi connectivity index (χ0n) is 15.0. The lowest BCUT2D eigenvalue weighted by molar-refractivity contribution is -0.119. The van der Waals surface area contributed by atoms with Crippen molar-refractivity contribution in [2.45, 2.75) is 38.5 Å². The number of Topliss-reactive ketones (excluding diaryl/α,β-unsaturated/α-hetero) is 1. The van der Waals surface area contributed by atoms with Crippen LogP contribution in [0, 0.1) is 6.92 Å². The molecule has 0 aromatic heterocycles. The zero-order chi connectivity index (χ0) is 19.1. The molecule has 0 spiro atoms. The zero-order valence-corrected chi connectivity index (χ0v) is 16.5. The Hall–Kier alpha value is -2.10. The summed E-state index contributed by atoms with van der Waals surface area (Å²) < 4.78 is 0. The average molecular weight is 400 g/mol. The van der Waals surface area contributed by atoms with Gasteiger partial charge in [-0.05, 0) is 55.2 Å². The number of benzene rings is 2. The van der Waals surface area contributed by atoms with E-state index in [9.17, 15) is 9.59 Å². The Bertz CT molecular complexity index is 980. The van der Waals surface area contributed by atoms with Gasteiger partial charge in [-0.2, -0.15) is 0 Å². The van der Waals surface area contributed by atoms with Crippen LogP contribution in [-0.2, 0) is 9.59 Å². The third-order valence-corrected chi connectivity index (χ3v) is 5.98. The molecule has 0 N–H and O–H groups in total. The van der Waals surface area contributed by atoms with Crippen molar-refractivity contribution in [3.63, 3.8) is 0 Å². The van der Waals surface area contributed by atoms with Crippen molar-refractivity contribution >= 4 is 40.6 Å². The highest BCUT2D eigenvalue weighted by atomic mass is 35.5. The molecular formula is C22H19Cl2NO2. The van der Waals surface area contributed by atoms with Gasteiger partial charge < -0.3 is 0 Å². The molecule has 2 aromatic carbocycles. The second kappa shape index (κ2) is 7.14. The molecule has 1 aliphatic heterocycles. The van der Waals surface area contributed by atoms with Gasteiger partial charge in [0.25, 0.3) is 0 Å². The Morgan fingerprint density at radius 3 is 2.59 bits per heavy atom. The molecule has 0 saturated carbocycles. The predicted octanol–water partition coefficient (Wildman–Crippen LogP) is 5.83. The largest absolute Gasteiger partial charge is 0.294 e. The van der Waals surface area contributed by atoms with Gasteiger partial charge in [-0.15, -0.1) is 0 Å². The van der Waals surface area contributed by atoms with Crippen molar-refractivity contribution in [3.05, 3.63) is 74.9 Å². The summed E-state index contributed by atoms with van der Waals surface area (Å²) >= 11 is 12.4. The van der Waals surface area contributed by atoms with E-state index in [-0.39, 0.29) is 24.0 Å². The highest BCUT2D eigenvalue weighted by molar-refractivity contribution is 6.31. The van der Waals surface area contributed by atoms with E-state index in [1.807, 2.05) is 37.3 Å². The summed E-state index contributed by atoms with van der Waals surface area (Å²) in [7, 11) is 0. The van der Waals surface area contributed by atoms with Crippen molar-refractivity contribution < 1.29 is 9.59 Å². The topological polar surface area (TPSA) is 37.4 Å². The third kappa shape index (κ3) is 3.30. The van der Waals surface area contributed by atoms with Crippen molar-refractivity contribution in [2.75, 3.05) is 4.90 Å². The molecule has 5 heteroatoms. The molecular weight excluding hydrogens is 381 g/mol. The highest BCUT2D eigenvalue weighted by Gasteiger charge is 2.39. The number of carbonyl (C=O) groups excluding carboxylic acids is 2. The van der Waals surface area contributed by atoms with Gasteiger partial charge in [0.15, 0.2) is 5.78 Å². The molecule has 0 radical (unpaired) electrons. The predicted molar refractivity (Wildman–Crippen MR) is 108 cm³/mol. The molecule has 27 heavy (non-hydrogen) atoms. The first-order valence-corrected chi connectivity index (χ1v) is 9.82. The monoisotopic (exact) mass is 399 g/mol. The average Bonchev–Trinajstić information content (AvgIpc) is 2.64. The number of halogens is 2. The second-order valence-electron chi connectivity index (χ2n) is 7.11. The van der Waals surface area contributed by atoms with Crippen LogP contribution in [0.4, 0.5) is 5.69 Å². The Morgan fingerprint density at radius 2 is 1.85 bits per heavy atom. The summed E-state index contributed by atoms with van der Waals surface area (Å²) in [4.78, 5) is 27.7. The molecule has 1 atom stereocenters. The van der Waals surface area contributed by atoms with Crippen LogP contribution in [0.25, 0.3) is 0 Å². The van der Waals surface area contributed by atoms with Crippen LogP contribution in [0.15, 0.2) is 53.7 Å². The van der Waals surface area contributed by atoms with E-state index in [4.69, 9.17) is 23.2 Å². The number of ketones is 1. The summed E-state index contributed by atoms with van der Waals surface area (Å²) in [5, 5.41) is 1.22.